The van der Waals surface area contributed by atoms with Gasteiger partial charge in [0.05, 0.1) is 16.3 Å². The van der Waals surface area contributed by atoms with Crippen LogP contribution in [0, 0.1) is 11.3 Å². The second-order valence-corrected chi connectivity index (χ2v) is 6.53. The van der Waals surface area contributed by atoms with E-state index in [1.807, 2.05) is 6.07 Å². The minimum absolute atomic E-state index is 0.248. The van der Waals surface area contributed by atoms with E-state index < -0.39 is 0 Å². The van der Waals surface area contributed by atoms with Gasteiger partial charge in [-0.1, -0.05) is 33.6 Å². The van der Waals surface area contributed by atoms with Crippen molar-refractivity contribution in [1.82, 2.24) is 10.2 Å². The van der Waals surface area contributed by atoms with Crippen molar-refractivity contribution in [3.8, 4) is 17.6 Å². The Morgan fingerprint density at radius 2 is 2.00 bits per heavy atom. The van der Waals surface area contributed by atoms with E-state index in [0.717, 1.165) is 10.0 Å². The third-order valence-electron chi connectivity index (χ3n) is 3.40. The fourth-order valence-corrected chi connectivity index (χ4v) is 2.70. The molecule has 0 radical (unpaired) electrons. The average Bonchev–Trinajstić information content (AvgIpc) is 2.60. The number of rotatable bonds is 4. The van der Waals surface area contributed by atoms with Crippen LogP contribution in [0.15, 0.2) is 57.8 Å². The van der Waals surface area contributed by atoms with Crippen molar-refractivity contribution in [3.63, 3.8) is 0 Å². The van der Waals surface area contributed by atoms with Gasteiger partial charge in [-0.3, -0.25) is 4.79 Å². The molecular weight excluding hydrogens is 406 g/mol. The van der Waals surface area contributed by atoms with Gasteiger partial charge in [0.25, 0.3) is 5.56 Å². The first-order valence-corrected chi connectivity index (χ1v) is 8.43. The van der Waals surface area contributed by atoms with E-state index in [0.29, 0.717) is 34.2 Å². The van der Waals surface area contributed by atoms with Gasteiger partial charge in [0.1, 0.15) is 17.6 Å². The first-order valence-electron chi connectivity index (χ1n) is 7.26. The van der Waals surface area contributed by atoms with E-state index in [1.54, 1.807) is 36.4 Å². The van der Waals surface area contributed by atoms with Crippen LogP contribution in [0.2, 0.25) is 5.02 Å². The SMILES string of the molecule is N#Cc1ccc(Br)cc1Oc1cc(Cc2ccc(=O)[nH]n2)ccc1Cl. The Morgan fingerprint density at radius 1 is 1.16 bits per heavy atom. The Bertz CT molecular complexity index is 1010. The summed E-state index contributed by atoms with van der Waals surface area (Å²) in [5, 5.41) is 16.0. The molecule has 5 nitrogen and oxygen atoms in total. The number of halogens is 2. The normalized spacial score (nSPS) is 10.3. The van der Waals surface area contributed by atoms with E-state index in [-0.39, 0.29) is 5.56 Å². The largest absolute Gasteiger partial charge is 0.454 e. The van der Waals surface area contributed by atoms with Crippen molar-refractivity contribution in [2.45, 2.75) is 6.42 Å². The molecule has 2 aromatic carbocycles. The molecule has 0 atom stereocenters. The molecule has 25 heavy (non-hydrogen) atoms. The lowest BCUT2D eigenvalue weighted by Gasteiger charge is -2.11. The molecule has 1 heterocycles. The third-order valence-corrected chi connectivity index (χ3v) is 4.21. The number of nitrogens with zero attached hydrogens (tertiary/aromatic N) is 2. The molecule has 1 N–H and O–H groups in total. The predicted molar refractivity (Wildman–Crippen MR) is 98.0 cm³/mol. The highest BCUT2D eigenvalue weighted by Crippen LogP contribution is 2.33. The van der Waals surface area contributed by atoms with Crippen LogP contribution in [-0.2, 0) is 6.42 Å². The lowest BCUT2D eigenvalue weighted by Crippen LogP contribution is -2.07. The van der Waals surface area contributed by atoms with E-state index >= 15 is 0 Å². The summed E-state index contributed by atoms with van der Waals surface area (Å²) in [6.45, 7) is 0. The van der Waals surface area contributed by atoms with Crippen LogP contribution >= 0.6 is 27.5 Å². The zero-order valence-electron chi connectivity index (χ0n) is 12.8. The molecule has 0 bridgehead atoms. The van der Waals surface area contributed by atoms with Gasteiger partial charge in [0, 0.05) is 17.0 Å². The summed E-state index contributed by atoms with van der Waals surface area (Å²) in [5.41, 5.74) is 1.79. The van der Waals surface area contributed by atoms with Gasteiger partial charge in [0.15, 0.2) is 0 Å². The van der Waals surface area contributed by atoms with Crippen LogP contribution in [-0.4, -0.2) is 10.2 Å². The smallest absolute Gasteiger partial charge is 0.264 e. The molecule has 3 rings (SSSR count). The molecule has 1 aromatic heterocycles. The lowest BCUT2D eigenvalue weighted by molar-refractivity contribution is 0.480. The maximum absolute atomic E-state index is 11.1. The zero-order valence-corrected chi connectivity index (χ0v) is 15.1. The molecule has 0 aliphatic rings. The van der Waals surface area contributed by atoms with Gasteiger partial charge in [-0.15, -0.1) is 0 Å². The van der Waals surface area contributed by atoms with E-state index in [2.05, 4.69) is 32.2 Å². The third kappa shape index (κ3) is 4.27. The van der Waals surface area contributed by atoms with Crippen molar-refractivity contribution >= 4 is 27.5 Å². The Labute approximate surface area is 157 Å². The lowest BCUT2D eigenvalue weighted by atomic mass is 10.1. The minimum Gasteiger partial charge on any atom is -0.454 e. The van der Waals surface area contributed by atoms with Gasteiger partial charge < -0.3 is 4.74 Å². The Hall–Kier alpha value is -2.62. The number of nitrogens with one attached hydrogen (secondary N) is 1. The molecule has 0 unspecified atom stereocenters. The maximum Gasteiger partial charge on any atom is 0.264 e. The summed E-state index contributed by atoms with van der Waals surface area (Å²) in [4.78, 5) is 11.1. The van der Waals surface area contributed by atoms with Crippen molar-refractivity contribution in [2.24, 2.45) is 0 Å². The average molecular weight is 417 g/mol. The van der Waals surface area contributed by atoms with Gasteiger partial charge in [-0.25, -0.2) is 5.10 Å². The van der Waals surface area contributed by atoms with Crippen molar-refractivity contribution in [3.05, 3.63) is 85.2 Å². The van der Waals surface area contributed by atoms with Gasteiger partial charge in [-0.2, -0.15) is 10.4 Å². The molecule has 7 heteroatoms. The minimum atomic E-state index is -0.248. The van der Waals surface area contributed by atoms with Gasteiger partial charge in [0.2, 0.25) is 0 Å². The molecule has 0 aliphatic carbocycles. The molecule has 0 fully saturated rings. The second kappa shape index (κ2) is 7.51. The van der Waals surface area contributed by atoms with Crippen LogP contribution in [0.25, 0.3) is 0 Å². The number of H-pyrrole nitrogens is 1. The Kier molecular flexibility index (Phi) is 5.17. The number of hydrogen-bond acceptors (Lipinski definition) is 4. The Balaban J connectivity index is 1.90. The van der Waals surface area contributed by atoms with Crippen molar-refractivity contribution in [2.75, 3.05) is 0 Å². The molecular formula is C18H11BrClN3O2. The van der Waals surface area contributed by atoms with Crippen LogP contribution in [0.4, 0.5) is 0 Å². The fraction of sp³-hybridized carbons (Fsp3) is 0.0556. The van der Waals surface area contributed by atoms with Gasteiger partial charge in [-0.05, 0) is 42.0 Å². The zero-order chi connectivity index (χ0) is 17.8. The molecule has 0 saturated carbocycles. The van der Waals surface area contributed by atoms with Crippen molar-refractivity contribution in [1.29, 1.82) is 5.26 Å². The predicted octanol–water partition coefficient (Wildman–Crippen LogP) is 4.44. The monoisotopic (exact) mass is 415 g/mol. The number of ether oxygens (including phenoxy) is 1. The summed E-state index contributed by atoms with van der Waals surface area (Å²) >= 11 is 9.58. The van der Waals surface area contributed by atoms with E-state index in [1.165, 1.54) is 6.07 Å². The molecule has 0 amide bonds. The summed E-state index contributed by atoms with van der Waals surface area (Å²) in [6.07, 6.45) is 0.508. The summed E-state index contributed by atoms with van der Waals surface area (Å²) in [5.74, 6) is 0.858. The number of aromatic nitrogens is 2. The van der Waals surface area contributed by atoms with Crippen molar-refractivity contribution < 1.29 is 4.74 Å². The van der Waals surface area contributed by atoms with Crippen LogP contribution in [0.3, 0.4) is 0 Å². The number of nitriles is 1. The standard InChI is InChI=1S/C18H11BrClN3O2/c19-13-3-2-12(10-21)16(9-13)25-17-8-11(1-5-15(17)20)7-14-4-6-18(24)23-22-14/h1-6,8-9H,7H2,(H,23,24). The molecule has 124 valence electrons. The maximum atomic E-state index is 11.1. The summed E-state index contributed by atoms with van der Waals surface area (Å²) in [6, 6.07) is 15.7. The first-order chi connectivity index (χ1) is 12.0. The van der Waals surface area contributed by atoms with E-state index in [4.69, 9.17) is 16.3 Å². The number of benzene rings is 2. The Morgan fingerprint density at radius 3 is 2.72 bits per heavy atom. The topological polar surface area (TPSA) is 78.8 Å². The quantitative estimate of drug-likeness (QED) is 0.682. The summed E-state index contributed by atoms with van der Waals surface area (Å²) in [7, 11) is 0. The first kappa shape index (κ1) is 17.2. The fourth-order valence-electron chi connectivity index (χ4n) is 2.21. The van der Waals surface area contributed by atoms with Crippen LogP contribution in [0.1, 0.15) is 16.8 Å². The molecule has 0 aliphatic heterocycles. The highest BCUT2D eigenvalue weighted by Gasteiger charge is 2.10. The molecule has 0 spiro atoms. The highest BCUT2D eigenvalue weighted by atomic mass is 79.9. The number of hydrogen-bond donors (Lipinski definition) is 1. The second-order valence-electron chi connectivity index (χ2n) is 5.21. The summed E-state index contributed by atoms with van der Waals surface area (Å²) < 4.78 is 6.64. The molecule has 3 aromatic rings. The van der Waals surface area contributed by atoms with Crippen LogP contribution in [0.5, 0.6) is 11.5 Å². The molecule has 0 saturated heterocycles. The number of aromatic amines is 1. The van der Waals surface area contributed by atoms with E-state index in [9.17, 15) is 10.1 Å². The van der Waals surface area contributed by atoms with Crippen LogP contribution < -0.4 is 10.3 Å². The highest BCUT2D eigenvalue weighted by molar-refractivity contribution is 9.10. The van der Waals surface area contributed by atoms with Gasteiger partial charge >= 0.3 is 0 Å².